The Morgan fingerprint density at radius 1 is 1.22 bits per heavy atom. The molecule has 0 unspecified atom stereocenters. The summed E-state index contributed by atoms with van der Waals surface area (Å²) in [5.41, 5.74) is 0.952. The van der Waals surface area contributed by atoms with Crippen LogP contribution in [0.5, 0.6) is 0 Å². The smallest absolute Gasteiger partial charge is 0.353 e. The van der Waals surface area contributed by atoms with Crippen molar-refractivity contribution in [2.24, 2.45) is 0 Å². The second-order valence-electron chi connectivity index (χ2n) is 4.86. The van der Waals surface area contributed by atoms with E-state index in [0.29, 0.717) is 17.8 Å². The topological polar surface area (TPSA) is 110 Å². The van der Waals surface area contributed by atoms with Crippen LogP contribution in [0.1, 0.15) is 30.6 Å². The van der Waals surface area contributed by atoms with E-state index in [4.69, 9.17) is 0 Å². The first kappa shape index (κ1) is 16.3. The van der Waals surface area contributed by atoms with Gasteiger partial charge in [0.25, 0.3) is 0 Å². The van der Waals surface area contributed by atoms with Gasteiger partial charge in [0.1, 0.15) is 6.33 Å². The van der Waals surface area contributed by atoms with Crippen molar-refractivity contribution < 1.29 is 9.72 Å². The lowest BCUT2D eigenvalue weighted by atomic mass is 10.1. The maximum absolute atomic E-state index is 11.3. The van der Waals surface area contributed by atoms with Gasteiger partial charge in [-0.15, -0.1) is 0 Å². The first-order valence-electron chi connectivity index (χ1n) is 7.14. The Kier molecular flexibility index (Phi) is 5.19. The highest BCUT2D eigenvalue weighted by Gasteiger charge is 2.22. The molecule has 0 amide bonds. The van der Waals surface area contributed by atoms with Crippen LogP contribution >= 0.6 is 0 Å². The maximum Gasteiger partial charge on any atom is 0.353 e. The fourth-order valence-corrected chi connectivity index (χ4v) is 1.94. The number of rotatable bonds is 7. The molecule has 8 nitrogen and oxygen atoms in total. The number of hydrogen-bond donors (Lipinski definition) is 2. The molecule has 0 radical (unpaired) electrons. The second-order valence-corrected chi connectivity index (χ2v) is 4.86. The van der Waals surface area contributed by atoms with Crippen molar-refractivity contribution in [2.45, 2.75) is 20.3 Å². The average molecular weight is 315 g/mol. The highest BCUT2D eigenvalue weighted by atomic mass is 16.6. The monoisotopic (exact) mass is 315 g/mol. The Morgan fingerprint density at radius 2 is 1.87 bits per heavy atom. The van der Waals surface area contributed by atoms with Crippen LogP contribution in [0.3, 0.4) is 0 Å². The van der Waals surface area contributed by atoms with Crippen LogP contribution in [0.15, 0.2) is 30.6 Å². The molecule has 0 fully saturated rings. The lowest BCUT2D eigenvalue weighted by Crippen LogP contribution is -2.08. The lowest BCUT2D eigenvalue weighted by molar-refractivity contribution is -0.383. The SMILES string of the molecule is CCCNc1ncnc(Nc2ccc(C(C)=O)cc2)c1[N+](=O)[O-]. The number of carbonyl (C=O) groups excluding carboxylic acids is 1. The van der Waals surface area contributed by atoms with E-state index < -0.39 is 4.92 Å². The van der Waals surface area contributed by atoms with Gasteiger partial charge in [0.05, 0.1) is 4.92 Å². The number of carbonyl (C=O) groups is 1. The Labute approximate surface area is 133 Å². The van der Waals surface area contributed by atoms with Crippen molar-refractivity contribution in [1.29, 1.82) is 0 Å². The zero-order valence-corrected chi connectivity index (χ0v) is 12.9. The van der Waals surface area contributed by atoms with E-state index >= 15 is 0 Å². The van der Waals surface area contributed by atoms with Crippen molar-refractivity contribution >= 4 is 28.8 Å². The highest BCUT2D eigenvalue weighted by molar-refractivity contribution is 5.94. The van der Waals surface area contributed by atoms with Crippen molar-refractivity contribution in [1.82, 2.24) is 9.97 Å². The summed E-state index contributed by atoms with van der Waals surface area (Å²) in [4.78, 5) is 30.0. The molecule has 0 aliphatic carbocycles. The number of ketones is 1. The summed E-state index contributed by atoms with van der Waals surface area (Å²) in [6.45, 7) is 4.00. The molecular formula is C15H17N5O3. The standard InChI is InChI=1S/C15H17N5O3/c1-3-8-16-14-13(20(22)23)15(18-9-17-14)19-12-6-4-11(5-7-12)10(2)21/h4-7,9H,3,8H2,1-2H3,(H2,16,17,18,19). The number of aromatic nitrogens is 2. The number of hydrogen-bond acceptors (Lipinski definition) is 7. The average Bonchev–Trinajstić information content (AvgIpc) is 2.53. The summed E-state index contributed by atoms with van der Waals surface area (Å²) in [6.07, 6.45) is 2.08. The van der Waals surface area contributed by atoms with Crippen LogP contribution < -0.4 is 10.6 Å². The van der Waals surface area contributed by atoms with Crippen LogP contribution in [-0.2, 0) is 0 Å². The molecule has 1 aromatic heterocycles. The molecule has 23 heavy (non-hydrogen) atoms. The van der Waals surface area contributed by atoms with Gasteiger partial charge in [-0.3, -0.25) is 14.9 Å². The van der Waals surface area contributed by atoms with Crippen molar-refractivity contribution in [2.75, 3.05) is 17.2 Å². The third-order valence-corrected chi connectivity index (χ3v) is 3.10. The van der Waals surface area contributed by atoms with Crippen LogP contribution in [0.25, 0.3) is 0 Å². The van der Waals surface area contributed by atoms with Gasteiger partial charge in [-0.1, -0.05) is 6.92 Å². The largest absolute Gasteiger partial charge is 0.364 e. The minimum Gasteiger partial charge on any atom is -0.364 e. The van der Waals surface area contributed by atoms with E-state index in [9.17, 15) is 14.9 Å². The van der Waals surface area contributed by atoms with E-state index in [-0.39, 0.29) is 23.1 Å². The molecule has 1 aromatic carbocycles. The molecule has 1 heterocycles. The molecule has 2 N–H and O–H groups in total. The molecule has 0 aliphatic rings. The predicted molar refractivity (Wildman–Crippen MR) is 87.2 cm³/mol. The maximum atomic E-state index is 11.3. The minimum absolute atomic E-state index is 0.0457. The summed E-state index contributed by atoms with van der Waals surface area (Å²) >= 11 is 0. The van der Waals surface area contributed by atoms with E-state index in [2.05, 4.69) is 20.6 Å². The van der Waals surface area contributed by atoms with Crippen molar-refractivity contribution in [3.05, 3.63) is 46.3 Å². The molecule has 0 saturated heterocycles. The number of nitro groups is 1. The summed E-state index contributed by atoms with van der Waals surface area (Å²) in [5.74, 6) is 0.226. The Bertz CT molecular complexity index is 716. The van der Waals surface area contributed by atoms with E-state index in [0.717, 1.165) is 6.42 Å². The Hall–Kier alpha value is -3.03. The van der Waals surface area contributed by atoms with E-state index in [1.54, 1.807) is 24.3 Å². The summed E-state index contributed by atoms with van der Waals surface area (Å²) in [7, 11) is 0. The third kappa shape index (κ3) is 4.00. The number of nitrogens with zero attached hydrogens (tertiary/aromatic N) is 3. The molecule has 0 saturated carbocycles. The van der Waals surface area contributed by atoms with Crippen molar-refractivity contribution in [3.8, 4) is 0 Å². The summed E-state index contributed by atoms with van der Waals surface area (Å²) < 4.78 is 0. The minimum atomic E-state index is -0.524. The number of Topliss-reactive ketones (excluding diaryl/α,β-unsaturated/α-hetero) is 1. The Balaban J connectivity index is 2.31. The van der Waals surface area contributed by atoms with Gasteiger partial charge in [0, 0.05) is 17.8 Å². The van der Waals surface area contributed by atoms with Crippen LogP contribution in [-0.4, -0.2) is 27.2 Å². The lowest BCUT2D eigenvalue weighted by Gasteiger charge is -2.09. The quantitative estimate of drug-likeness (QED) is 0.458. The molecule has 0 bridgehead atoms. The first-order chi connectivity index (χ1) is 11.0. The molecule has 0 spiro atoms. The van der Waals surface area contributed by atoms with Gasteiger partial charge < -0.3 is 10.6 Å². The second kappa shape index (κ2) is 7.30. The third-order valence-electron chi connectivity index (χ3n) is 3.10. The predicted octanol–water partition coefficient (Wildman–Crippen LogP) is 3.15. The zero-order chi connectivity index (χ0) is 16.8. The van der Waals surface area contributed by atoms with Gasteiger partial charge in [-0.05, 0) is 37.6 Å². The summed E-state index contributed by atoms with van der Waals surface area (Å²) in [5, 5.41) is 17.2. The van der Waals surface area contributed by atoms with E-state index in [1.807, 2.05) is 6.92 Å². The van der Waals surface area contributed by atoms with Crippen molar-refractivity contribution in [3.63, 3.8) is 0 Å². The van der Waals surface area contributed by atoms with Gasteiger partial charge in [0.15, 0.2) is 5.78 Å². The van der Waals surface area contributed by atoms with Gasteiger partial charge in [-0.2, -0.15) is 0 Å². The molecular weight excluding hydrogens is 298 g/mol. The van der Waals surface area contributed by atoms with Crippen LogP contribution in [0.4, 0.5) is 23.0 Å². The molecule has 0 aliphatic heterocycles. The zero-order valence-electron chi connectivity index (χ0n) is 12.9. The first-order valence-corrected chi connectivity index (χ1v) is 7.14. The molecule has 8 heteroatoms. The van der Waals surface area contributed by atoms with Crippen LogP contribution in [0.2, 0.25) is 0 Å². The number of anilines is 3. The fraction of sp³-hybridized carbons (Fsp3) is 0.267. The van der Waals surface area contributed by atoms with Gasteiger partial charge in [-0.25, -0.2) is 9.97 Å². The number of nitrogens with one attached hydrogen (secondary N) is 2. The molecule has 120 valence electrons. The summed E-state index contributed by atoms with van der Waals surface area (Å²) in [6, 6.07) is 6.63. The molecule has 2 rings (SSSR count). The highest BCUT2D eigenvalue weighted by Crippen LogP contribution is 2.31. The van der Waals surface area contributed by atoms with Crippen LogP contribution in [0, 0.1) is 10.1 Å². The number of benzene rings is 1. The van der Waals surface area contributed by atoms with Gasteiger partial charge in [0.2, 0.25) is 11.6 Å². The Morgan fingerprint density at radius 3 is 2.43 bits per heavy atom. The molecule has 2 aromatic rings. The fourth-order valence-electron chi connectivity index (χ4n) is 1.94. The van der Waals surface area contributed by atoms with Gasteiger partial charge >= 0.3 is 5.69 Å². The molecule has 0 atom stereocenters. The van der Waals surface area contributed by atoms with E-state index in [1.165, 1.54) is 13.3 Å². The normalized spacial score (nSPS) is 10.2.